The molecule has 226 valence electrons. The molecular formula is C29H30N4O7S3. The number of nitrogens with zero attached hydrogens (tertiary/aromatic N) is 3. The monoisotopic (exact) mass is 642 g/mol. The number of ether oxygens (including phenoxy) is 2. The summed E-state index contributed by atoms with van der Waals surface area (Å²) < 4.78 is 39.0. The summed E-state index contributed by atoms with van der Waals surface area (Å²) in [7, 11) is -3.83. The van der Waals surface area contributed by atoms with Crippen LogP contribution in [-0.4, -0.2) is 80.0 Å². The maximum atomic E-state index is 13.4. The normalized spacial score (nSPS) is 14.1. The maximum Gasteiger partial charge on any atom is 0.409 e. The van der Waals surface area contributed by atoms with Gasteiger partial charge >= 0.3 is 12.1 Å². The number of para-hydroxylation sites is 1. The molecule has 43 heavy (non-hydrogen) atoms. The minimum absolute atomic E-state index is 0.0420. The molecule has 0 unspecified atom stereocenters. The second-order valence-corrected chi connectivity index (χ2v) is 13.5. The molecule has 5 rings (SSSR count). The Bertz CT molecular complexity index is 1740. The first-order chi connectivity index (χ1) is 20.6. The Morgan fingerprint density at radius 3 is 2.26 bits per heavy atom. The van der Waals surface area contributed by atoms with Gasteiger partial charge in [0.2, 0.25) is 10.0 Å². The van der Waals surface area contributed by atoms with Crippen LogP contribution < -0.4 is 5.32 Å². The van der Waals surface area contributed by atoms with Crippen LogP contribution in [0.4, 0.5) is 9.80 Å². The lowest BCUT2D eigenvalue weighted by Gasteiger charge is -2.33. The first-order valence-electron chi connectivity index (χ1n) is 13.6. The van der Waals surface area contributed by atoms with E-state index < -0.39 is 28.0 Å². The first-order valence-corrected chi connectivity index (χ1v) is 16.7. The minimum atomic E-state index is -3.83. The number of rotatable bonds is 8. The number of carbonyl (C=O) groups is 3. The Morgan fingerprint density at radius 1 is 0.930 bits per heavy atom. The fourth-order valence-electron chi connectivity index (χ4n) is 4.66. The van der Waals surface area contributed by atoms with Gasteiger partial charge in [-0.05, 0) is 62.7 Å². The number of hydrogen-bond acceptors (Lipinski definition) is 10. The zero-order valence-corrected chi connectivity index (χ0v) is 26.2. The quantitative estimate of drug-likeness (QED) is 0.259. The van der Waals surface area contributed by atoms with Crippen molar-refractivity contribution in [2.24, 2.45) is 0 Å². The molecule has 1 N–H and O–H groups in total. The van der Waals surface area contributed by atoms with E-state index in [0.717, 1.165) is 21.6 Å². The van der Waals surface area contributed by atoms with Crippen molar-refractivity contribution < 1.29 is 32.3 Å². The number of thiazole rings is 1. The molecule has 0 spiro atoms. The molecule has 1 aliphatic rings. The van der Waals surface area contributed by atoms with Gasteiger partial charge in [0.05, 0.1) is 28.3 Å². The van der Waals surface area contributed by atoms with E-state index >= 15 is 0 Å². The minimum Gasteiger partial charge on any atom is -0.462 e. The van der Waals surface area contributed by atoms with E-state index in [1.165, 1.54) is 44.8 Å². The molecule has 1 saturated heterocycles. The van der Waals surface area contributed by atoms with E-state index in [9.17, 15) is 22.8 Å². The fourth-order valence-corrected chi connectivity index (χ4v) is 8.32. The zero-order chi connectivity index (χ0) is 30.7. The van der Waals surface area contributed by atoms with Crippen molar-refractivity contribution in [1.82, 2.24) is 14.2 Å². The van der Waals surface area contributed by atoms with Crippen LogP contribution in [0.2, 0.25) is 0 Å². The number of benzene rings is 2. The number of anilines is 1. The Hall–Kier alpha value is -3.85. The predicted molar refractivity (Wildman–Crippen MR) is 165 cm³/mol. The molecule has 2 aromatic heterocycles. The number of carbonyl (C=O) groups excluding carboxylic acids is 3. The van der Waals surface area contributed by atoms with Crippen LogP contribution in [0.3, 0.4) is 0 Å². The van der Waals surface area contributed by atoms with E-state index in [1.807, 2.05) is 24.3 Å². The van der Waals surface area contributed by atoms with Crippen molar-refractivity contribution in [3.63, 3.8) is 0 Å². The Morgan fingerprint density at radius 2 is 1.60 bits per heavy atom. The number of aromatic nitrogens is 1. The van der Waals surface area contributed by atoms with Crippen molar-refractivity contribution in [1.29, 1.82) is 0 Å². The molecule has 3 heterocycles. The molecule has 2 amide bonds. The van der Waals surface area contributed by atoms with Gasteiger partial charge in [-0.15, -0.1) is 22.7 Å². The molecule has 0 radical (unpaired) electrons. The van der Waals surface area contributed by atoms with Gasteiger partial charge in [-0.25, -0.2) is 23.0 Å². The molecule has 0 atom stereocenters. The van der Waals surface area contributed by atoms with Crippen molar-refractivity contribution in [3.05, 3.63) is 64.5 Å². The first kappa shape index (κ1) is 30.6. The van der Waals surface area contributed by atoms with Gasteiger partial charge in [0.25, 0.3) is 5.91 Å². The van der Waals surface area contributed by atoms with Crippen molar-refractivity contribution in [2.45, 2.75) is 25.7 Å². The van der Waals surface area contributed by atoms with Gasteiger partial charge in [0.1, 0.15) is 14.9 Å². The average Bonchev–Trinajstić information content (AvgIpc) is 3.57. The number of fused-ring (bicyclic) bond motifs is 1. The number of sulfonamides is 1. The van der Waals surface area contributed by atoms with Crippen LogP contribution in [0.15, 0.2) is 53.4 Å². The molecular weight excluding hydrogens is 613 g/mol. The second kappa shape index (κ2) is 12.8. The number of thiophene rings is 1. The van der Waals surface area contributed by atoms with Crippen LogP contribution in [-0.2, 0) is 19.5 Å². The van der Waals surface area contributed by atoms with E-state index in [-0.39, 0.29) is 49.9 Å². The van der Waals surface area contributed by atoms with Gasteiger partial charge in [-0.2, -0.15) is 4.31 Å². The summed E-state index contributed by atoms with van der Waals surface area (Å²) in [6.07, 6.45) is -0.462. The second-order valence-electron chi connectivity index (χ2n) is 9.54. The molecule has 2 aromatic carbocycles. The molecule has 0 bridgehead atoms. The van der Waals surface area contributed by atoms with Gasteiger partial charge in [0.15, 0.2) is 0 Å². The van der Waals surface area contributed by atoms with Crippen molar-refractivity contribution in [3.8, 4) is 10.6 Å². The standard InChI is InChI=1S/C29H30N4O7S3/c1-4-39-28(35)24-18(3)23(26-30-21-8-6-7-9-22(21)41-26)27(42-24)31-25(34)19-10-12-20(13-11-19)43(37,38)33-16-14-32(15-17-33)29(36)40-5-2/h6-13H,4-5,14-17H2,1-3H3,(H,31,34). The summed E-state index contributed by atoms with van der Waals surface area (Å²) in [5.41, 5.74) is 2.35. The summed E-state index contributed by atoms with van der Waals surface area (Å²) in [6.45, 7) is 6.43. The molecule has 1 fully saturated rings. The highest BCUT2D eigenvalue weighted by atomic mass is 32.2. The lowest BCUT2D eigenvalue weighted by atomic mass is 10.1. The maximum absolute atomic E-state index is 13.4. The lowest BCUT2D eigenvalue weighted by molar-refractivity contribution is 0.0531. The summed E-state index contributed by atoms with van der Waals surface area (Å²) >= 11 is 2.57. The third kappa shape index (κ3) is 6.27. The van der Waals surface area contributed by atoms with Crippen LogP contribution in [0.25, 0.3) is 20.8 Å². The van der Waals surface area contributed by atoms with Gasteiger partial charge in [-0.1, -0.05) is 12.1 Å². The van der Waals surface area contributed by atoms with Gasteiger partial charge in [0, 0.05) is 37.3 Å². The smallest absolute Gasteiger partial charge is 0.409 e. The predicted octanol–water partition coefficient (Wildman–Crippen LogP) is 5.23. The summed E-state index contributed by atoms with van der Waals surface area (Å²) in [5, 5.41) is 4.01. The Balaban J connectivity index is 1.36. The lowest BCUT2D eigenvalue weighted by Crippen LogP contribution is -2.50. The molecule has 11 nitrogen and oxygen atoms in total. The fraction of sp³-hybridized carbons (Fsp3) is 0.310. The topological polar surface area (TPSA) is 135 Å². The van der Waals surface area contributed by atoms with Crippen LogP contribution in [0.1, 0.15) is 39.4 Å². The number of amides is 2. The number of piperazine rings is 1. The van der Waals surface area contributed by atoms with Crippen molar-refractivity contribution in [2.75, 3.05) is 44.7 Å². The third-order valence-electron chi connectivity index (χ3n) is 6.86. The van der Waals surface area contributed by atoms with Gasteiger partial charge in [-0.3, -0.25) is 4.79 Å². The van der Waals surface area contributed by atoms with Crippen LogP contribution in [0, 0.1) is 6.92 Å². The van der Waals surface area contributed by atoms with Crippen molar-refractivity contribution >= 4 is 65.9 Å². The SMILES string of the molecule is CCOC(=O)c1sc(NC(=O)c2ccc(S(=O)(=O)N3CCN(C(=O)OCC)CC3)cc2)c(-c2nc3ccccc3s2)c1C. The zero-order valence-electron chi connectivity index (χ0n) is 23.8. The molecule has 0 saturated carbocycles. The van der Waals surface area contributed by atoms with E-state index in [4.69, 9.17) is 14.5 Å². The van der Waals surface area contributed by atoms with E-state index in [0.29, 0.717) is 26.0 Å². The van der Waals surface area contributed by atoms with Gasteiger partial charge < -0.3 is 19.7 Å². The Kier molecular flexibility index (Phi) is 9.11. The summed E-state index contributed by atoms with van der Waals surface area (Å²) in [6, 6.07) is 13.3. The summed E-state index contributed by atoms with van der Waals surface area (Å²) in [5.74, 6) is -0.948. The van der Waals surface area contributed by atoms with Crippen LogP contribution >= 0.6 is 22.7 Å². The highest BCUT2D eigenvalue weighted by Crippen LogP contribution is 2.43. The number of hydrogen-bond donors (Lipinski definition) is 1. The molecule has 4 aromatic rings. The average molecular weight is 643 g/mol. The highest BCUT2D eigenvalue weighted by Gasteiger charge is 2.31. The molecule has 1 aliphatic heterocycles. The van der Waals surface area contributed by atoms with E-state index in [2.05, 4.69) is 5.32 Å². The highest BCUT2D eigenvalue weighted by molar-refractivity contribution is 7.89. The molecule has 0 aliphatic carbocycles. The molecule has 14 heteroatoms. The largest absolute Gasteiger partial charge is 0.462 e. The number of nitrogens with one attached hydrogen (secondary N) is 1. The van der Waals surface area contributed by atoms with Crippen LogP contribution in [0.5, 0.6) is 0 Å². The summed E-state index contributed by atoms with van der Waals surface area (Å²) in [4.78, 5) is 44.6. The third-order valence-corrected chi connectivity index (χ3v) is 11.0. The van der Waals surface area contributed by atoms with E-state index in [1.54, 1.807) is 20.8 Å². The Labute approximate surface area is 257 Å². The number of esters is 1.